The van der Waals surface area contributed by atoms with Gasteiger partial charge < -0.3 is 10.7 Å². The molecule has 0 saturated heterocycles. The van der Waals surface area contributed by atoms with E-state index in [1.54, 1.807) is 0 Å². The summed E-state index contributed by atoms with van der Waals surface area (Å²) in [5.41, 5.74) is 1.04. The first kappa shape index (κ1) is 20.7. The van der Waals surface area contributed by atoms with Gasteiger partial charge in [-0.3, -0.25) is 0 Å². The Kier molecular flexibility index (Phi) is 19.3. The van der Waals surface area contributed by atoms with Crippen LogP contribution in [0.5, 0.6) is 0 Å². The summed E-state index contributed by atoms with van der Waals surface area (Å²) in [6, 6.07) is 0. The Morgan fingerprint density at radius 2 is 1.05 bits per heavy atom. The summed E-state index contributed by atoms with van der Waals surface area (Å²) < 4.78 is 0. The molecule has 0 aromatic carbocycles. The average Bonchev–Trinajstić information content (AvgIpc) is 2.50. The van der Waals surface area contributed by atoms with E-state index in [1.807, 2.05) is 0 Å². The van der Waals surface area contributed by atoms with Gasteiger partial charge in [0.25, 0.3) is 0 Å². The lowest BCUT2D eigenvalue weighted by Crippen LogP contribution is -2.77. The number of rotatable bonds is 17. The minimum absolute atomic E-state index is 0.751. The monoisotopic (exact) mass is 297 g/mol. The lowest BCUT2D eigenvalue weighted by molar-refractivity contribution is -0.589. The number of unbranched alkanes of at least 4 members (excludes halogenated alkanes) is 13. The van der Waals surface area contributed by atoms with Crippen LogP contribution in [0.4, 0.5) is 0 Å². The van der Waals surface area contributed by atoms with Gasteiger partial charge in [0.2, 0.25) is 0 Å². The molecule has 0 aromatic heterocycles. The maximum Gasteiger partial charge on any atom is 0.0752 e. The van der Waals surface area contributed by atoms with Gasteiger partial charge in [-0.05, 0) is 38.5 Å². The second kappa shape index (κ2) is 19.7. The van der Waals surface area contributed by atoms with Crippen LogP contribution in [0.3, 0.4) is 0 Å². The number of hydrogen-bond donors (Lipinski definition) is 1. The molecule has 126 valence electrons. The maximum atomic E-state index is 10.2. The Morgan fingerprint density at radius 1 is 0.619 bits per heavy atom. The van der Waals surface area contributed by atoms with Crippen LogP contribution in [0.25, 0.3) is 0 Å². The third kappa shape index (κ3) is 19.7. The second-order valence-corrected chi connectivity index (χ2v) is 6.25. The highest BCUT2D eigenvalue weighted by atomic mass is 16.5. The quantitative estimate of drug-likeness (QED) is 0.216. The van der Waals surface area contributed by atoms with Crippen LogP contribution in [-0.2, 0) is 0 Å². The predicted octanol–water partition coefficient (Wildman–Crippen LogP) is 5.48. The van der Waals surface area contributed by atoms with Crippen LogP contribution in [0.1, 0.15) is 103 Å². The van der Waals surface area contributed by atoms with Gasteiger partial charge >= 0.3 is 0 Å². The zero-order valence-electron chi connectivity index (χ0n) is 14.5. The van der Waals surface area contributed by atoms with E-state index in [4.69, 9.17) is 0 Å². The largest absolute Gasteiger partial charge is 0.636 e. The Bertz CT molecular complexity index is 204. The van der Waals surface area contributed by atoms with E-state index < -0.39 is 0 Å². The van der Waals surface area contributed by atoms with Crippen molar-refractivity contribution in [2.45, 2.75) is 103 Å². The van der Waals surface area contributed by atoms with Crippen molar-refractivity contribution >= 4 is 0 Å². The summed E-state index contributed by atoms with van der Waals surface area (Å²) in [6.45, 7) is 3.03. The van der Waals surface area contributed by atoms with Gasteiger partial charge in [-0.1, -0.05) is 76.9 Å². The molecule has 2 nitrogen and oxygen atoms in total. The van der Waals surface area contributed by atoms with E-state index in [2.05, 4.69) is 19.1 Å². The molecule has 0 unspecified atom stereocenters. The first-order valence-electron chi connectivity index (χ1n) is 9.50. The summed E-state index contributed by atoms with van der Waals surface area (Å²) in [5, 5.41) is 10.2. The first-order chi connectivity index (χ1) is 10.4. The highest BCUT2D eigenvalue weighted by molar-refractivity contribution is 4.81. The summed E-state index contributed by atoms with van der Waals surface area (Å²) in [5.74, 6) is 0. The van der Waals surface area contributed by atoms with Gasteiger partial charge in [-0.2, -0.15) is 0 Å². The standard InChI is InChI=1S/C19H39NO/c1-2-3-4-5-6-7-8-9-10-11-12-13-14-15-16-17-18-19-20-21/h10-11H,2-9,12-20H2,1H3. The zero-order valence-corrected chi connectivity index (χ0v) is 14.5. The highest BCUT2D eigenvalue weighted by Crippen LogP contribution is 2.10. The molecule has 0 radical (unpaired) electrons. The molecule has 0 spiro atoms. The van der Waals surface area contributed by atoms with Crippen molar-refractivity contribution < 1.29 is 5.48 Å². The molecule has 0 aliphatic heterocycles. The van der Waals surface area contributed by atoms with Crippen molar-refractivity contribution in [1.82, 2.24) is 0 Å². The molecule has 0 atom stereocenters. The van der Waals surface area contributed by atoms with E-state index in [0.717, 1.165) is 18.4 Å². The summed E-state index contributed by atoms with van der Waals surface area (Å²) in [7, 11) is 0. The van der Waals surface area contributed by atoms with Crippen LogP contribution < -0.4 is 5.48 Å². The van der Waals surface area contributed by atoms with E-state index in [-0.39, 0.29) is 0 Å². The third-order valence-corrected chi connectivity index (χ3v) is 4.08. The molecule has 2 N–H and O–H groups in total. The Morgan fingerprint density at radius 3 is 1.52 bits per heavy atom. The van der Waals surface area contributed by atoms with Crippen molar-refractivity contribution in [1.29, 1.82) is 0 Å². The SMILES string of the molecule is CCCCCCCCCC=CCCCCCCCC[NH2+][O-]. The molecule has 21 heavy (non-hydrogen) atoms. The van der Waals surface area contributed by atoms with E-state index in [1.165, 1.54) is 89.9 Å². The molecule has 0 aliphatic carbocycles. The third-order valence-electron chi connectivity index (χ3n) is 4.08. The topological polar surface area (TPSA) is 39.7 Å². The maximum absolute atomic E-state index is 10.2. The molecule has 0 saturated carbocycles. The van der Waals surface area contributed by atoms with Crippen LogP contribution in [0, 0.1) is 5.21 Å². The van der Waals surface area contributed by atoms with Gasteiger partial charge in [0.1, 0.15) is 0 Å². The molecular weight excluding hydrogens is 258 g/mol. The molecule has 0 rings (SSSR count). The normalized spacial score (nSPS) is 11.5. The van der Waals surface area contributed by atoms with Crippen LogP contribution in [0.15, 0.2) is 12.2 Å². The number of nitrogens with two attached hydrogens (primary N) is 1. The molecule has 2 heteroatoms. The van der Waals surface area contributed by atoms with Gasteiger partial charge in [0.15, 0.2) is 0 Å². The lowest BCUT2D eigenvalue weighted by atomic mass is 10.1. The van der Waals surface area contributed by atoms with E-state index >= 15 is 0 Å². The molecule has 0 bridgehead atoms. The highest BCUT2D eigenvalue weighted by Gasteiger charge is 1.91. The fourth-order valence-electron chi connectivity index (χ4n) is 2.65. The second-order valence-electron chi connectivity index (χ2n) is 6.25. The van der Waals surface area contributed by atoms with Crippen LogP contribution >= 0.6 is 0 Å². The van der Waals surface area contributed by atoms with Gasteiger partial charge in [-0.15, -0.1) is 0 Å². The van der Waals surface area contributed by atoms with Gasteiger partial charge in [0, 0.05) is 0 Å². The smallest absolute Gasteiger partial charge is 0.0752 e. The van der Waals surface area contributed by atoms with Crippen LogP contribution in [-0.4, -0.2) is 6.54 Å². The first-order valence-corrected chi connectivity index (χ1v) is 9.50. The molecule has 0 heterocycles. The minimum atomic E-state index is 0.751. The minimum Gasteiger partial charge on any atom is -0.636 e. The fourth-order valence-corrected chi connectivity index (χ4v) is 2.65. The lowest BCUT2D eigenvalue weighted by Gasteiger charge is -2.02. The van der Waals surface area contributed by atoms with Crippen molar-refractivity contribution in [3.8, 4) is 0 Å². The van der Waals surface area contributed by atoms with E-state index in [0.29, 0.717) is 0 Å². The molecule has 0 aromatic rings. The number of allylic oxidation sites excluding steroid dienone is 2. The average molecular weight is 298 g/mol. The molecule has 0 aliphatic rings. The number of hydrogen-bond acceptors (Lipinski definition) is 1. The summed E-state index contributed by atoms with van der Waals surface area (Å²) >= 11 is 0. The predicted molar refractivity (Wildman–Crippen MR) is 94.2 cm³/mol. The van der Waals surface area contributed by atoms with Crippen molar-refractivity contribution in [3.63, 3.8) is 0 Å². The Hall–Kier alpha value is -0.340. The van der Waals surface area contributed by atoms with Gasteiger partial charge in [0.05, 0.1) is 6.54 Å². The van der Waals surface area contributed by atoms with Crippen molar-refractivity contribution in [2.24, 2.45) is 0 Å². The van der Waals surface area contributed by atoms with E-state index in [9.17, 15) is 5.21 Å². The number of quaternary nitrogens is 1. The van der Waals surface area contributed by atoms with Crippen molar-refractivity contribution in [2.75, 3.05) is 6.54 Å². The van der Waals surface area contributed by atoms with Crippen LogP contribution in [0.2, 0.25) is 0 Å². The Labute approximate surface area is 133 Å². The zero-order chi connectivity index (χ0) is 15.4. The number of hydroxylamine groups is 1. The molecule has 0 fully saturated rings. The molecule has 0 amide bonds. The fraction of sp³-hybridized carbons (Fsp3) is 0.895. The summed E-state index contributed by atoms with van der Waals surface area (Å²) in [6.07, 6.45) is 24.8. The Balaban J connectivity index is 3.02. The molecular formula is C19H39NO. The summed E-state index contributed by atoms with van der Waals surface area (Å²) in [4.78, 5) is 0. The van der Waals surface area contributed by atoms with Crippen molar-refractivity contribution in [3.05, 3.63) is 17.4 Å². The van der Waals surface area contributed by atoms with Gasteiger partial charge in [-0.25, -0.2) is 0 Å².